The van der Waals surface area contributed by atoms with Gasteiger partial charge in [0.05, 0.1) is 24.6 Å². The quantitative estimate of drug-likeness (QED) is 0.607. The zero-order valence-corrected chi connectivity index (χ0v) is 16.3. The maximum absolute atomic E-state index is 12.0. The normalized spacial score (nSPS) is 22.5. The molecule has 140 valence electrons. The fourth-order valence-electron chi connectivity index (χ4n) is 4.02. The molecule has 2 rings (SSSR count). The highest BCUT2D eigenvalue weighted by atomic mass is 16.5. The molecule has 1 aliphatic rings. The molecule has 0 amide bonds. The van der Waals surface area contributed by atoms with E-state index in [9.17, 15) is 4.79 Å². The molecule has 0 heterocycles. The Morgan fingerprint density at radius 3 is 2.56 bits per heavy atom. The van der Waals surface area contributed by atoms with E-state index in [0.29, 0.717) is 34.4 Å². The van der Waals surface area contributed by atoms with Crippen LogP contribution in [-0.2, 0) is 4.74 Å². The molecule has 5 heteroatoms. The molecule has 0 unspecified atom stereocenters. The van der Waals surface area contributed by atoms with Gasteiger partial charge in [0.1, 0.15) is 11.3 Å². The van der Waals surface area contributed by atoms with E-state index in [1.807, 2.05) is 19.9 Å². The first-order valence-electron chi connectivity index (χ1n) is 9.06. The number of methoxy groups -OCH3 is 1. The Kier molecular flexibility index (Phi) is 5.86. The monoisotopic (exact) mass is 348 g/mol. The number of benzene rings is 1. The standard InChI is InChI=1S/C20H32N2O3/c1-12(2)25-18-9-17(16(21)8-15(18)19(23)24-6)22-14-7-13(3)10-20(4,5)11-14/h8-9,12-14,22H,7,10-11,21H2,1-6H3/t13-,14+/m0/s1. The number of hydrogen-bond acceptors (Lipinski definition) is 5. The molecule has 2 atom stereocenters. The molecule has 1 aliphatic carbocycles. The molecule has 0 spiro atoms. The number of carbonyl (C=O) groups excluding carboxylic acids is 1. The third-order valence-electron chi connectivity index (χ3n) is 4.67. The summed E-state index contributed by atoms with van der Waals surface area (Å²) in [7, 11) is 1.36. The first kappa shape index (κ1) is 19.4. The second-order valence-corrected chi connectivity index (χ2v) is 8.35. The third kappa shape index (κ3) is 5.03. The zero-order chi connectivity index (χ0) is 18.8. The molecule has 3 N–H and O–H groups in total. The van der Waals surface area contributed by atoms with Crippen LogP contribution in [0.5, 0.6) is 5.75 Å². The van der Waals surface area contributed by atoms with Crippen LogP contribution in [-0.4, -0.2) is 25.2 Å². The SMILES string of the molecule is COC(=O)c1cc(N)c(N[C@@H]2C[C@H](C)CC(C)(C)C2)cc1OC(C)C. The topological polar surface area (TPSA) is 73.6 Å². The summed E-state index contributed by atoms with van der Waals surface area (Å²) in [6.45, 7) is 10.8. The van der Waals surface area contributed by atoms with Crippen molar-refractivity contribution in [2.75, 3.05) is 18.2 Å². The number of esters is 1. The Labute approximate surface area is 151 Å². The summed E-state index contributed by atoms with van der Waals surface area (Å²) in [5.41, 5.74) is 8.23. The van der Waals surface area contributed by atoms with Crippen LogP contribution < -0.4 is 15.8 Å². The summed E-state index contributed by atoms with van der Waals surface area (Å²) in [4.78, 5) is 12.0. The van der Waals surface area contributed by atoms with Gasteiger partial charge in [-0.1, -0.05) is 20.8 Å². The van der Waals surface area contributed by atoms with E-state index in [4.69, 9.17) is 15.2 Å². The third-order valence-corrected chi connectivity index (χ3v) is 4.67. The van der Waals surface area contributed by atoms with E-state index in [1.54, 1.807) is 6.07 Å². The van der Waals surface area contributed by atoms with Gasteiger partial charge < -0.3 is 20.5 Å². The van der Waals surface area contributed by atoms with Gasteiger partial charge in [-0.15, -0.1) is 0 Å². The molecule has 0 aromatic heterocycles. The minimum Gasteiger partial charge on any atom is -0.490 e. The summed E-state index contributed by atoms with van der Waals surface area (Å²) in [6.07, 6.45) is 3.40. The van der Waals surface area contributed by atoms with Crippen LogP contribution in [0.2, 0.25) is 0 Å². The molecule has 0 bridgehead atoms. The predicted molar refractivity (Wildman–Crippen MR) is 102 cm³/mol. The fraction of sp³-hybridized carbons (Fsp3) is 0.650. The second kappa shape index (κ2) is 7.54. The number of ether oxygens (including phenoxy) is 2. The summed E-state index contributed by atoms with van der Waals surface area (Å²) in [6, 6.07) is 3.83. The van der Waals surface area contributed by atoms with Crippen molar-refractivity contribution in [3.63, 3.8) is 0 Å². The van der Waals surface area contributed by atoms with Crippen LogP contribution in [0.4, 0.5) is 11.4 Å². The smallest absolute Gasteiger partial charge is 0.341 e. The minimum absolute atomic E-state index is 0.0477. The Bertz CT molecular complexity index is 626. The number of hydrogen-bond donors (Lipinski definition) is 2. The molecule has 1 aromatic carbocycles. The Morgan fingerprint density at radius 2 is 2.00 bits per heavy atom. The average molecular weight is 348 g/mol. The molecule has 0 aliphatic heterocycles. The highest BCUT2D eigenvalue weighted by Gasteiger charge is 2.32. The molecule has 0 radical (unpaired) electrons. The van der Waals surface area contributed by atoms with Gasteiger partial charge in [0.15, 0.2) is 0 Å². The van der Waals surface area contributed by atoms with Crippen molar-refractivity contribution < 1.29 is 14.3 Å². The highest BCUT2D eigenvalue weighted by Crippen LogP contribution is 2.40. The Hall–Kier alpha value is -1.91. The van der Waals surface area contributed by atoms with Crippen molar-refractivity contribution in [3.05, 3.63) is 17.7 Å². The molecule has 0 saturated heterocycles. The highest BCUT2D eigenvalue weighted by molar-refractivity contribution is 5.95. The predicted octanol–water partition coefficient (Wildman–Crippen LogP) is 4.47. The number of rotatable bonds is 5. The lowest BCUT2D eigenvalue weighted by Crippen LogP contribution is -2.35. The zero-order valence-electron chi connectivity index (χ0n) is 16.3. The lowest BCUT2D eigenvalue weighted by Gasteiger charge is -2.39. The van der Waals surface area contributed by atoms with Gasteiger partial charge in [-0.3, -0.25) is 0 Å². The van der Waals surface area contributed by atoms with Gasteiger partial charge in [0, 0.05) is 12.1 Å². The van der Waals surface area contributed by atoms with Gasteiger partial charge >= 0.3 is 5.97 Å². The summed E-state index contributed by atoms with van der Waals surface area (Å²) >= 11 is 0. The number of anilines is 2. The molecule has 25 heavy (non-hydrogen) atoms. The molecule has 1 aromatic rings. The molecular weight excluding hydrogens is 316 g/mol. The van der Waals surface area contributed by atoms with Crippen molar-refractivity contribution in [2.45, 2.75) is 66.0 Å². The maximum atomic E-state index is 12.0. The van der Waals surface area contributed by atoms with Crippen LogP contribution in [0, 0.1) is 11.3 Å². The summed E-state index contributed by atoms with van der Waals surface area (Å²) < 4.78 is 10.7. The van der Waals surface area contributed by atoms with E-state index in [1.165, 1.54) is 13.5 Å². The van der Waals surface area contributed by atoms with Crippen LogP contribution in [0.1, 0.15) is 64.2 Å². The lowest BCUT2D eigenvalue weighted by molar-refractivity contribution is 0.0594. The van der Waals surface area contributed by atoms with Crippen molar-refractivity contribution in [1.29, 1.82) is 0 Å². The van der Waals surface area contributed by atoms with Crippen molar-refractivity contribution in [1.82, 2.24) is 0 Å². The average Bonchev–Trinajstić information content (AvgIpc) is 2.46. The van der Waals surface area contributed by atoms with Gasteiger partial charge in [-0.25, -0.2) is 4.79 Å². The molecule has 1 saturated carbocycles. The van der Waals surface area contributed by atoms with E-state index >= 15 is 0 Å². The largest absolute Gasteiger partial charge is 0.490 e. The summed E-state index contributed by atoms with van der Waals surface area (Å²) in [5.74, 6) is 0.728. The number of carbonyl (C=O) groups is 1. The van der Waals surface area contributed by atoms with Crippen LogP contribution >= 0.6 is 0 Å². The van der Waals surface area contributed by atoms with Crippen LogP contribution in [0.3, 0.4) is 0 Å². The van der Waals surface area contributed by atoms with Gasteiger partial charge in [-0.2, -0.15) is 0 Å². The summed E-state index contributed by atoms with van der Waals surface area (Å²) in [5, 5.41) is 3.58. The van der Waals surface area contributed by atoms with Gasteiger partial charge in [0.2, 0.25) is 0 Å². The van der Waals surface area contributed by atoms with Gasteiger partial charge in [-0.05, 0) is 50.5 Å². The number of nitrogens with two attached hydrogens (primary N) is 1. The van der Waals surface area contributed by atoms with E-state index < -0.39 is 5.97 Å². The molecule has 1 fully saturated rings. The van der Waals surface area contributed by atoms with Crippen molar-refractivity contribution in [3.8, 4) is 5.75 Å². The van der Waals surface area contributed by atoms with E-state index in [2.05, 4.69) is 26.1 Å². The molecule has 5 nitrogen and oxygen atoms in total. The van der Waals surface area contributed by atoms with Crippen molar-refractivity contribution in [2.24, 2.45) is 11.3 Å². The molecular formula is C20H32N2O3. The van der Waals surface area contributed by atoms with Crippen LogP contribution in [0.25, 0.3) is 0 Å². The second-order valence-electron chi connectivity index (χ2n) is 8.35. The lowest BCUT2D eigenvalue weighted by atomic mass is 9.70. The Morgan fingerprint density at radius 1 is 1.32 bits per heavy atom. The van der Waals surface area contributed by atoms with Crippen molar-refractivity contribution >= 4 is 17.3 Å². The fourth-order valence-corrected chi connectivity index (χ4v) is 4.02. The maximum Gasteiger partial charge on any atom is 0.341 e. The first-order chi connectivity index (χ1) is 11.6. The first-order valence-corrected chi connectivity index (χ1v) is 9.06. The van der Waals surface area contributed by atoms with E-state index in [0.717, 1.165) is 18.5 Å². The van der Waals surface area contributed by atoms with E-state index in [-0.39, 0.29) is 6.10 Å². The van der Waals surface area contributed by atoms with Crippen LogP contribution in [0.15, 0.2) is 12.1 Å². The Balaban J connectivity index is 2.30. The van der Waals surface area contributed by atoms with Gasteiger partial charge in [0.25, 0.3) is 0 Å². The number of nitrogen functional groups attached to an aromatic ring is 1. The minimum atomic E-state index is -0.443. The number of nitrogens with one attached hydrogen (secondary N) is 1.